The second-order valence-corrected chi connectivity index (χ2v) is 6.97. The Labute approximate surface area is 172 Å². The summed E-state index contributed by atoms with van der Waals surface area (Å²) in [6, 6.07) is 14.8. The number of ketones is 1. The van der Waals surface area contributed by atoms with Crippen molar-refractivity contribution < 1.29 is 14.3 Å². The molecule has 1 aromatic heterocycles. The quantitative estimate of drug-likeness (QED) is 0.275. The number of thioether (sulfide) groups is 1. The topological polar surface area (TPSA) is 90.6 Å². The summed E-state index contributed by atoms with van der Waals surface area (Å²) in [5, 5.41) is 13.5. The number of carbonyl (C=O) groups excluding carboxylic acids is 1. The first-order valence-corrected chi connectivity index (χ1v) is 9.54. The summed E-state index contributed by atoms with van der Waals surface area (Å²) in [6.45, 7) is 1.46. The summed E-state index contributed by atoms with van der Waals surface area (Å²) >= 11 is 1.15. The van der Waals surface area contributed by atoms with E-state index in [1.165, 1.54) is 6.92 Å². The molecule has 29 heavy (non-hydrogen) atoms. The second-order valence-electron chi connectivity index (χ2n) is 6.01. The van der Waals surface area contributed by atoms with Gasteiger partial charge in [-0.2, -0.15) is 5.10 Å². The summed E-state index contributed by atoms with van der Waals surface area (Å²) in [5.74, 6) is 2.01. The van der Waals surface area contributed by atoms with Crippen LogP contribution in [-0.2, 0) is 11.8 Å². The molecule has 0 radical (unpaired) electrons. The van der Waals surface area contributed by atoms with Gasteiger partial charge < -0.3 is 14.0 Å². The largest absolute Gasteiger partial charge is 0.497 e. The number of nitrogens with one attached hydrogen (secondary N) is 1. The van der Waals surface area contributed by atoms with Crippen molar-refractivity contribution in [2.24, 2.45) is 12.1 Å². The van der Waals surface area contributed by atoms with E-state index in [1.807, 2.05) is 60.1 Å². The Balaban J connectivity index is 1.78. The lowest BCUT2D eigenvalue weighted by Crippen LogP contribution is -2.09. The van der Waals surface area contributed by atoms with Crippen LogP contribution in [0.1, 0.15) is 6.92 Å². The number of nitrogens with zero attached hydrogens (tertiary/aromatic N) is 4. The summed E-state index contributed by atoms with van der Waals surface area (Å²) < 4.78 is 12.1. The van der Waals surface area contributed by atoms with Gasteiger partial charge >= 0.3 is 0 Å². The van der Waals surface area contributed by atoms with Crippen LogP contribution in [0.3, 0.4) is 0 Å². The number of Topliss-reactive ketones (excluding diaryl/α,β-unsaturated/α-hetero) is 1. The Hall–Kier alpha value is -3.33. The zero-order chi connectivity index (χ0) is 20.8. The molecule has 0 saturated heterocycles. The van der Waals surface area contributed by atoms with E-state index in [-0.39, 0.29) is 10.8 Å². The van der Waals surface area contributed by atoms with Gasteiger partial charge in [0.2, 0.25) is 0 Å². The lowest BCUT2D eigenvalue weighted by atomic mass is 10.2. The Morgan fingerprint density at radius 1 is 1.00 bits per heavy atom. The van der Waals surface area contributed by atoms with Crippen LogP contribution in [0.4, 0.5) is 5.69 Å². The molecular weight excluding hydrogens is 390 g/mol. The highest BCUT2D eigenvalue weighted by Gasteiger charge is 2.16. The molecule has 0 unspecified atom stereocenters. The summed E-state index contributed by atoms with van der Waals surface area (Å²) in [6.07, 6.45) is 0. The molecule has 1 heterocycles. The maximum absolute atomic E-state index is 12.0. The zero-order valence-electron chi connectivity index (χ0n) is 16.5. The molecule has 0 amide bonds. The predicted molar refractivity (Wildman–Crippen MR) is 114 cm³/mol. The molecule has 0 aliphatic rings. The van der Waals surface area contributed by atoms with E-state index in [0.29, 0.717) is 11.0 Å². The van der Waals surface area contributed by atoms with E-state index >= 15 is 0 Å². The maximum atomic E-state index is 12.0. The molecule has 0 aliphatic heterocycles. The number of hydrogen-bond acceptors (Lipinski definition) is 8. The van der Waals surface area contributed by atoms with Gasteiger partial charge in [-0.05, 0) is 60.3 Å². The highest BCUT2D eigenvalue weighted by atomic mass is 32.2. The van der Waals surface area contributed by atoms with Crippen LogP contribution in [0.5, 0.6) is 11.5 Å². The van der Waals surface area contributed by atoms with Crippen LogP contribution in [0.15, 0.2) is 58.8 Å². The Morgan fingerprint density at radius 2 is 1.59 bits per heavy atom. The molecular formula is C20H21N5O3S. The van der Waals surface area contributed by atoms with Gasteiger partial charge in [-0.15, -0.1) is 10.2 Å². The minimum absolute atomic E-state index is 0.176. The number of hydrazone groups is 1. The molecule has 3 aromatic rings. The molecule has 3 rings (SSSR count). The van der Waals surface area contributed by atoms with Crippen LogP contribution in [0.25, 0.3) is 11.4 Å². The first-order chi connectivity index (χ1) is 14.0. The van der Waals surface area contributed by atoms with E-state index in [1.54, 1.807) is 14.2 Å². The third-order valence-corrected chi connectivity index (χ3v) is 5.16. The normalized spacial score (nSPS) is 11.2. The van der Waals surface area contributed by atoms with Crippen LogP contribution in [-0.4, -0.2) is 39.8 Å². The number of rotatable bonds is 7. The van der Waals surface area contributed by atoms with Gasteiger partial charge in [0, 0.05) is 19.5 Å². The third kappa shape index (κ3) is 4.94. The van der Waals surface area contributed by atoms with Crippen molar-refractivity contribution in [1.29, 1.82) is 0 Å². The number of anilines is 1. The number of carbonyl (C=O) groups is 1. The van der Waals surface area contributed by atoms with Gasteiger partial charge in [-0.3, -0.25) is 10.2 Å². The van der Waals surface area contributed by atoms with Crippen molar-refractivity contribution in [1.82, 2.24) is 14.8 Å². The second kappa shape index (κ2) is 9.24. The molecule has 0 spiro atoms. The highest BCUT2D eigenvalue weighted by molar-refractivity contribution is 8.15. The maximum Gasteiger partial charge on any atom is 0.197 e. The van der Waals surface area contributed by atoms with E-state index in [9.17, 15) is 4.79 Å². The molecule has 1 N–H and O–H groups in total. The predicted octanol–water partition coefficient (Wildman–Crippen LogP) is 3.61. The fourth-order valence-electron chi connectivity index (χ4n) is 2.44. The van der Waals surface area contributed by atoms with Crippen LogP contribution in [0, 0.1) is 0 Å². The van der Waals surface area contributed by atoms with Gasteiger partial charge in [-0.25, -0.2) is 0 Å². The SMILES string of the molecule is COc1ccc(N/N=C(\Sc2nnc(-c3ccc(OC)cc3)n2C)C(C)=O)cc1. The monoisotopic (exact) mass is 411 g/mol. The molecule has 0 atom stereocenters. The molecule has 8 nitrogen and oxygen atoms in total. The van der Waals surface area contributed by atoms with Gasteiger partial charge in [0.1, 0.15) is 11.5 Å². The molecule has 0 saturated carbocycles. The van der Waals surface area contributed by atoms with Crippen LogP contribution in [0.2, 0.25) is 0 Å². The lowest BCUT2D eigenvalue weighted by Gasteiger charge is -2.06. The average molecular weight is 411 g/mol. The van der Waals surface area contributed by atoms with Crippen molar-refractivity contribution in [3.05, 3.63) is 48.5 Å². The van der Waals surface area contributed by atoms with E-state index in [2.05, 4.69) is 20.7 Å². The third-order valence-electron chi connectivity index (χ3n) is 4.05. The van der Waals surface area contributed by atoms with Crippen molar-refractivity contribution in [3.63, 3.8) is 0 Å². The number of methoxy groups -OCH3 is 2. The van der Waals surface area contributed by atoms with E-state index in [0.717, 1.165) is 34.5 Å². The smallest absolute Gasteiger partial charge is 0.197 e. The first kappa shape index (κ1) is 20.4. The average Bonchev–Trinajstić information content (AvgIpc) is 3.11. The lowest BCUT2D eigenvalue weighted by molar-refractivity contribution is -0.110. The van der Waals surface area contributed by atoms with Crippen LogP contribution < -0.4 is 14.9 Å². The molecule has 0 bridgehead atoms. The summed E-state index contributed by atoms with van der Waals surface area (Å²) in [5.41, 5.74) is 4.52. The number of aromatic nitrogens is 3. The Morgan fingerprint density at radius 3 is 2.14 bits per heavy atom. The highest BCUT2D eigenvalue weighted by Crippen LogP contribution is 2.25. The van der Waals surface area contributed by atoms with Crippen molar-refractivity contribution in [2.75, 3.05) is 19.6 Å². The molecule has 9 heteroatoms. The van der Waals surface area contributed by atoms with Crippen LogP contribution >= 0.6 is 11.8 Å². The fraction of sp³-hybridized carbons (Fsp3) is 0.200. The minimum Gasteiger partial charge on any atom is -0.497 e. The van der Waals surface area contributed by atoms with Crippen molar-refractivity contribution in [3.8, 4) is 22.9 Å². The van der Waals surface area contributed by atoms with Gasteiger partial charge in [0.15, 0.2) is 21.8 Å². The Kier molecular flexibility index (Phi) is 6.50. The molecule has 0 fully saturated rings. The Bertz CT molecular complexity index is 1010. The van der Waals surface area contributed by atoms with Gasteiger partial charge in [0.25, 0.3) is 0 Å². The number of benzene rings is 2. The number of ether oxygens (including phenoxy) is 2. The van der Waals surface area contributed by atoms with Crippen molar-refractivity contribution >= 4 is 28.3 Å². The van der Waals surface area contributed by atoms with Gasteiger partial charge in [0.05, 0.1) is 19.9 Å². The van der Waals surface area contributed by atoms with Crippen molar-refractivity contribution in [2.45, 2.75) is 12.1 Å². The molecule has 2 aromatic carbocycles. The van der Waals surface area contributed by atoms with E-state index in [4.69, 9.17) is 9.47 Å². The minimum atomic E-state index is -0.176. The zero-order valence-corrected chi connectivity index (χ0v) is 17.4. The molecule has 0 aliphatic carbocycles. The first-order valence-electron chi connectivity index (χ1n) is 8.72. The van der Waals surface area contributed by atoms with E-state index < -0.39 is 0 Å². The summed E-state index contributed by atoms with van der Waals surface area (Å²) in [7, 11) is 5.07. The molecule has 150 valence electrons. The van der Waals surface area contributed by atoms with Gasteiger partial charge in [-0.1, -0.05) is 0 Å². The summed E-state index contributed by atoms with van der Waals surface area (Å²) in [4.78, 5) is 12.0. The number of hydrogen-bond donors (Lipinski definition) is 1. The fourth-order valence-corrected chi connectivity index (χ4v) is 3.15. The standard InChI is InChI=1S/C20H21N5O3S/c1-13(26)19(23-21-15-7-11-17(28-4)12-8-15)29-20-24-22-18(25(20)2)14-5-9-16(27-3)10-6-14/h5-12,21H,1-4H3/b23-19-.